The molecule has 0 unspecified atom stereocenters. The summed E-state index contributed by atoms with van der Waals surface area (Å²) in [5.74, 6) is 0.373. The molecule has 0 aliphatic carbocycles. The highest BCUT2D eigenvalue weighted by Gasteiger charge is 2.18. The number of nitrogens with zero attached hydrogens (tertiary/aromatic N) is 1. The largest absolute Gasteiger partial charge is 0.494 e. The Morgan fingerprint density at radius 1 is 1.26 bits per heavy atom. The smallest absolute Gasteiger partial charge is 0.242 e. The first-order chi connectivity index (χ1) is 10.8. The predicted molar refractivity (Wildman–Crippen MR) is 89.9 cm³/mol. The maximum Gasteiger partial charge on any atom is 0.242 e. The van der Waals surface area contributed by atoms with Crippen LogP contribution in [0, 0.1) is 5.92 Å². The van der Waals surface area contributed by atoms with Gasteiger partial charge in [-0.2, -0.15) is 0 Å². The molecule has 1 atom stereocenters. The fraction of sp³-hybridized carbons (Fsp3) is 0.529. The second kappa shape index (κ2) is 9.15. The van der Waals surface area contributed by atoms with Crippen LogP contribution >= 0.6 is 0 Å². The zero-order chi connectivity index (χ0) is 17.4. The van der Waals surface area contributed by atoms with Gasteiger partial charge in [-0.15, -0.1) is 0 Å². The summed E-state index contributed by atoms with van der Waals surface area (Å²) in [6.07, 6.45) is 0. The van der Waals surface area contributed by atoms with E-state index in [1.807, 2.05) is 45.0 Å². The van der Waals surface area contributed by atoms with Crippen molar-refractivity contribution in [2.45, 2.75) is 33.4 Å². The molecule has 0 fully saturated rings. The Kier molecular flexibility index (Phi) is 7.54. The number of amides is 2. The molecule has 2 amide bonds. The molecule has 0 aliphatic heterocycles. The predicted octanol–water partition coefficient (Wildman–Crippen LogP) is 1.14. The maximum absolute atomic E-state index is 12.1. The Morgan fingerprint density at radius 2 is 1.87 bits per heavy atom. The number of hydrogen-bond acceptors (Lipinski definition) is 4. The Balaban J connectivity index is 2.46. The van der Waals surface area contributed by atoms with Crippen LogP contribution in [0.25, 0.3) is 0 Å². The molecule has 0 aromatic heterocycles. The lowest BCUT2D eigenvalue weighted by Gasteiger charge is -2.19. The van der Waals surface area contributed by atoms with E-state index in [0.717, 1.165) is 11.3 Å². The van der Waals surface area contributed by atoms with E-state index in [9.17, 15) is 9.59 Å². The molecule has 0 radical (unpaired) electrons. The minimum absolute atomic E-state index is 0.0340. The highest BCUT2D eigenvalue weighted by atomic mass is 16.5. The average Bonchev–Trinajstić information content (AvgIpc) is 2.53. The summed E-state index contributed by atoms with van der Waals surface area (Å²) in [6, 6.07) is 6.99. The number of ether oxygens (including phenoxy) is 1. The number of carbonyl (C=O) groups is 2. The van der Waals surface area contributed by atoms with Crippen LogP contribution in [0.4, 0.5) is 0 Å². The summed E-state index contributed by atoms with van der Waals surface area (Å²) in [4.78, 5) is 25.4. The van der Waals surface area contributed by atoms with Crippen molar-refractivity contribution in [3.63, 3.8) is 0 Å². The Morgan fingerprint density at radius 3 is 2.39 bits per heavy atom. The molecule has 0 heterocycles. The molecule has 0 saturated carbocycles. The van der Waals surface area contributed by atoms with Crippen LogP contribution in [0.5, 0.6) is 5.75 Å². The summed E-state index contributed by atoms with van der Waals surface area (Å²) >= 11 is 0. The molecule has 1 aromatic rings. The van der Waals surface area contributed by atoms with E-state index in [2.05, 4.69) is 5.32 Å². The van der Waals surface area contributed by atoms with Gasteiger partial charge in [0.15, 0.2) is 0 Å². The van der Waals surface area contributed by atoms with Crippen molar-refractivity contribution in [2.24, 2.45) is 11.7 Å². The summed E-state index contributed by atoms with van der Waals surface area (Å²) in [7, 11) is 1.70. The van der Waals surface area contributed by atoms with Gasteiger partial charge in [0.2, 0.25) is 11.8 Å². The molecule has 1 aromatic carbocycles. The minimum atomic E-state index is -0.598. The molecule has 0 bridgehead atoms. The van der Waals surface area contributed by atoms with Gasteiger partial charge in [0.05, 0.1) is 19.2 Å². The fourth-order valence-corrected chi connectivity index (χ4v) is 1.94. The minimum Gasteiger partial charge on any atom is -0.494 e. The van der Waals surface area contributed by atoms with Crippen molar-refractivity contribution in [3.05, 3.63) is 29.8 Å². The highest BCUT2D eigenvalue weighted by molar-refractivity contribution is 5.87. The number of benzene rings is 1. The molecule has 3 N–H and O–H groups in total. The Hall–Kier alpha value is -2.08. The van der Waals surface area contributed by atoms with E-state index in [-0.39, 0.29) is 24.3 Å². The SMILES string of the molecule is CCOc1ccc(CN(C)C(=O)CNC(=O)[C@@H](N)C(C)C)cc1. The second-order valence-corrected chi connectivity index (χ2v) is 5.81. The molecule has 0 aliphatic rings. The van der Waals surface area contributed by atoms with Gasteiger partial charge in [0.25, 0.3) is 0 Å². The summed E-state index contributed by atoms with van der Waals surface area (Å²) < 4.78 is 5.38. The third-order valence-corrected chi connectivity index (χ3v) is 3.51. The van der Waals surface area contributed by atoms with E-state index in [4.69, 9.17) is 10.5 Å². The first kappa shape index (κ1) is 19.0. The van der Waals surface area contributed by atoms with Crippen LogP contribution in [0.3, 0.4) is 0 Å². The summed E-state index contributed by atoms with van der Waals surface area (Å²) in [6.45, 7) is 6.70. The van der Waals surface area contributed by atoms with Gasteiger partial charge in [-0.25, -0.2) is 0 Å². The zero-order valence-corrected chi connectivity index (χ0v) is 14.3. The molecular formula is C17H27N3O3. The van der Waals surface area contributed by atoms with Crippen molar-refractivity contribution in [3.8, 4) is 5.75 Å². The standard InChI is InChI=1S/C17H27N3O3/c1-5-23-14-8-6-13(7-9-14)11-20(4)15(21)10-19-17(22)16(18)12(2)3/h6-9,12,16H,5,10-11,18H2,1-4H3,(H,19,22)/t16-/m0/s1. The number of hydrogen-bond donors (Lipinski definition) is 2. The molecule has 128 valence electrons. The number of carbonyl (C=O) groups excluding carboxylic acids is 2. The zero-order valence-electron chi connectivity index (χ0n) is 14.3. The molecular weight excluding hydrogens is 294 g/mol. The van der Waals surface area contributed by atoms with Gasteiger partial charge in [-0.1, -0.05) is 26.0 Å². The van der Waals surface area contributed by atoms with Crippen LogP contribution < -0.4 is 15.8 Å². The molecule has 23 heavy (non-hydrogen) atoms. The van der Waals surface area contributed by atoms with E-state index < -0.39 is 6.04 Å². The lowest BCUT2D eigenvalue weighted by molar-refractivity contribution is -0.132. The van der Waals surface area contributed by atoms with Crippen LogP contribution in [0.2, 0.25) is 0 Å². The van der Waals surface area contributed by atoms with Crippen LogP contribution in [0.15, 0.2) is 24.3 Å². The maximum atomic E-state index is 12.1. The number of rotatable bonds is 8. The molecule has 0 spiro atoms. The van der Waals surface area contributed by atoms with Gasteiger partial charge >= 0.3 is 0 Å². The van der Waals surface area contributed by atoms with E-state index in [0.29, 0.717) is 13.2 Å². The topological polar surface area (TPSA) is 84.7 Å². The Labute approximate surface area is 138 Å². The van der Waals surface area contributed by atoms with Crippen LogP contribution in [-0.2, 0) is 16.1 Å². The van der Waals surface area contributed by atoms with E-state index in [1.165, 1.54) is 0 Å². The van der Waals surface area contributed by atoms with Crippen molar-refractivity contribution in [1.82, 2.24) is 10.2 Å². The normalized spacial score (nSPS) is 11.9. The lowest BCUT2D eigenvalue weighted by atomic mass is 10.1. The van der Waals surface area contributed by atoms with Crippen molar-refractivity contribution in [1.29, 1.82) is 0 Å². The van der Waals surface area contributed by atoms with Crippen LogP contribution in [0.1, 0.15) is 26.3 Å². The summed E-state index contributed by atoms with van der Waals surface area (Å²) in [5, 5.41) is 2.58. The lowest BCUT2D eigenvalue weighted by Crippen LogP contribution is -2.47. The molecule has 6 heteroatoms. The van der Waals surface area contributed by atoms with Gasteiger partial charge < -0.3 is 20.7 Å². The fourth-order valence-electron chi connectivity index (χ4n) is 1.94. The number of likely N-dealkylation sites (N-methyl/N-ethyl adjacent to an activating group) is 1. The molecule has 6 nitrogen and oxygen atoms in total. The third-order valence-electron chi connectivity index (χ3n) is 3.51. The number of nitrogens with one attached hydrogen (secondary N) is 1. The van der Waals surface area contributed by atoms with Crippen molar-refractivity contribution >= 4 is 11.8 Å². The molecule has 0 saturated heterocycles. The van der Waals surface area contributed by atoms with E-state index >= 15 is 0 Å². The first-order valence-corrected chi connectivity index (χ1v) is 7.84. The third kappa shape index (κ3) is 6.28. The second-order valence-electron chi connectivity index (χ2n) is 5.81. The van der Waals surface area contributed by atoms with Crippen molar-refractivity contribution in [2.75, 3.05) is 20.2 Å². The van der Waals surface area contributed by atoms with Gasteiger partial charge in [-0.05, 0) is 30.5 Å². The Bertz CT molecular complexity index is 514. The molecule has 1 rings (SSSR count). The van der Waals surface area contributed by atoms with Gasteiger partial charge in [0, 0.05) is 13.6 Å². The monoisotopic (exact) mass is 321 g/mol. The van der Waals surface area contributed by atoms with Crippen molar-refractivity contribution < 1.29 is 14.3 Å². The average molecular weight is 321 g/mol. The first-order valence-electron chi connectivity index (χ1n) is 7.84. The van der Waals surface area contributed by atoms with Gasteiger partial charge in [-0.3, -0.25) is 9.59 Å². The van der Waals surface area contributed by atoms with E-state index in [1.54, 1.807) is 11.9 Å². The number of nitrogens with two attached hydrogens (primary N) is 1. The van der Waals surface area contributed by atoms with Crippen LogP contribution in [-0.4, -0.2) is 43.0 Å². The summed E-state index contributed by atoms with van der Waals surface area (Å²) in [5.41, 5.74) is 6.73. The highest BCUT2D eigenvalue weighted by Crippen LogP contribution is 2.13. The van der Waals surface area contributed by atoms with Gasteiger partial charge in [0.1, 0.15) is 5.75 Å². The quantitative estimate of drug-likeness (QED) is 0.752.